The Bertz CT molecular complexity index is 526. The van der Waals surface area contributed by atoms with Gasteiger partial charge in [0.15, 0.2) is 0 Å². The van der Waals surface area contributed by atoms with Crippen molar-refractivity contribution in [1.29, 1.82) is 0 Å². The fraction of sp³-hybridized carbons (Fsp3) is 0.972. The Morgan fingerprint density at radius 3 is 1.27 bits per heavy atom. The van der Waals surface area contributed by atoms with Crippen LogP contribution in [0.1, 0.15) is 181 Å². The highest BCUT2D eigenvalue weighted by Crippen LogP contribution is 2.24. The second-order valence-electron chi connectivity index (χ2n) is 12.9. The summed E-state index contributed by atoms with van der Waals surface area (Å²) < 4.78 is 10.0. The molecule has 246 valence electrons. The van der Waals surface area contributed by atoms with Gasteiger partial charge in [-0.2, -0.15) is 0 Å². The first-order valence-corrected chi connectivity index (χ1v) is 17.9. The highest BCUT2D eigenvalue weighted by Gasteiger charge is 2.11. The van der Waals surface area contributed by atoms with Crippen LogP contribution in [0.5, 0.6) is 0 Å². The average Bonchev–Trinajstić information content (AvgIpc) is 2.98. The molecule has 2 N–H and O–H groups in total. The number of carbonyl (C=O) groups excluding carboxylic acids is 1. The van der Waals surface area contributed by atoms with E-state index in [9.17, 15) is 9.90 Å². The van der Waals surface area contributed by atoms with Crippen LogP contribution in [0.4, 0.5) is 0 Å². The van der Waals surface area contributed by atoms with E-state index in [1.165, 1.54) is 148 Å². The number of ether oxygens (including phenoxy) is 2. The van der Waals surface area contributed by atoms with Crippen LogP contribution in [0.15, 0.2) is 0 Å². The van der Waals surface area contributed by atoms with E-state index < -0.39 is 6.10 Å². The standard InChI is InChI=1S/C36H72O5/c1-33(34(2)28-24-20-16-12-8-6-9-13-17-21-25-29-36(39)40-3)27-23-19-15-11-7-4-5-10-14-18-22-26-30-41-32-35(38)31-37/h33-35,37-38H,4-32H2,1-3H3. The van der Waals surface area contributed by atoms with Crippen LogP contribution < -0.4 is 0 Å². The fourth-order valence-electron chi connectivity index (χ4n) is 5.71. The molecule has 3 atom stereocenters. The smallest absolute Gasteiger partial charge is 0.305 e. The lowest BCUT2D eigenvalue weighted by molar-refractivity contribution is -0.140. The van der Waals surface area contributed by atoms with Gasteiger partial charge in [0.05, 0.1) is 20.3 Å². The lowest BCUT2D eigenvalue weighted by Crippen LogP contribution is -2.19. The summed E-state index contributed by atoms with van der Waals surface area (Å²) in [6.07, 6.45) is 33.3. The lowest BCUT2D eigenvalue weighted by Gasteiger charge is -2.19. The van der Waals surface area contributed by atoms with E-state index in [0.717, 1.165) is 31.1 Å². The first-order valence-electron chi connectivity index (χ1n) is 17.9. The second-order valence-corrected chi connectivity index (χ2v) is 12.9. The number of unbranched alkanes of at least 4 members (excludes halogenated alkanes) is 21. The average molecular weight is 585 g/mol. The zero-order valence-electron chi connectivity index (χ0n) is 27.9. The molecule has 5 nitrogen and oxygen atoms in total. The number of hydrogen-bond acceptors (Lipinski definition) is 5. The lowest BCUT2D eigenvalue weighted by atomic mass is 9.86. The maximum absolute atomic E-state index is 11.1. The molecule has 0 radical (unpaired) electrons. The van der Waals surface area contributed by atoms with Gasteiger partial charge in [-0.25, -0.2) is 0 Å². The van der Waals surface area contributed by atoms with Crippen molar-refractivity contribution in [1.82, 2.24) is 0 Å². The van der Waals surface area contributed by atoms with Crippen molar-refractivity contribution >= 4 is 5.97 Å². The van der Waals surface area contributed by atoms with Crippen molar-refractivity contribution in [2.24, 2.45) is 11.8 Å². The normalized spacial score (nSPS) is 13.8. The number of rotatable bonds is 33. The molecule has 5 heteroatoms. The van der Waals surface area contributed by atoms with Crippen molar-refractivity contribution in [3.63, 3.8) is 0 Å². The quantitative estimate of drug-likeness (QED) is 0.0593. The summed E-state index contributed by atoms with van der Waals surface area (Å²) in [5, 5.41) is 17.9. The first kappa shape index (κ1) is 40.4. The van der Waals surface area contributed by atoms with E-state index in [1.54, 1.807) is 0 Å². The Balaban J connectivity index is 3.30. The van der Waals surface area contributed by atoms with E-state index in [4.69, 9.17) is 9.84 Å². The third kappa shape index (κ3) is 30.6. The summed E-state index contributed by atoms with van der Waals surface area (Å²) in [5.74, 6) is 1.68. The third-order valence-electron chi connectivity index (χ3n) is 8.96. The van der Waals surface area contributed by atoms with E-state index >= 15 is 0 Å². The number of carbonyl (C=O) groups is 1. The van der Waals surface area contributed by atoms with Gasteiger partial charge in [-0.15, -0.1) is 0 Å². The van der Waals surface area contributed by atoms with Crippen LogP contribution in [-0.4, -0.2) is 49.2 Å². The minimum atomic E-state index is -0.728. The van der Waals surface area contributed by atoms with E-state index in [0.29, 0.717) is 13.0 Å². The SMILES string of the molecule is COC(=O)CCCCCCCCCCCCCC(C)C(C)CCCCCCCCCCCCCCOCC(O)CO. The fourth-order valence-corrected chi connectivity index (χ4v) is 5.71. The van der Waals surface area contributed by atoms with Crippen molar-refractivity contribution in [3.8, 4) is 0 Å². The van der Waals surface area contributed by atoms with Crippen LogP contribution in [0, 0.1) is 11.8 Å². The Morgan fingerprint density at radius 1 is 0.561 bits per heavy atom. The molecule has 0 saturated carbocycles. The molecule has 0 aromatic rings. The van der Waals surface area contributed by atoms with Crippen LogP contribution in [0.25, 0.3) is 0 Å². The van der Waals surface area contributed by atoms with Crippen molar-refractivity contribution in [2.75, 3.05) is 26.9 Å². The van der Waals surface area contributed by atoms with Gasteiger partial charge in [-0.3, -0.25) is 4.79 Å². The van der Waals surface area contributed by atoms with Gasteiger partial charge in [0.25, 0.3) is 0 Å². The third-order valence-corrected chi connectivity index (χ3v) is 8.96. The maximum atomic E-state index is 11.1. The van der Waals surface area contributed by atoms with E-state index in [2.05, 4.69) is 18.6 Å². The minimum Gasteiger partial charge on any atom is -0.469 e. The van der Waals surface area contributed by atoms with Crippen LogP contribution in [0.2, 0.25) is 0 Å². The second kappa shape index (κ2) is 32.3. The summed E-state index contributed by atoms with van der Waals surface area (Å²) >= 11 is 0. The minimum absolute atomic E-state index is 0.0697. The maximum Gasteiger partial charge on any atom is 0.305 e. The molecular weight excluding hydrogens is 512 g/mol. The predicted octanol–water partition coefficient (Wildman–Crippen LogP) is 9.94. The van der Waals surface area contributed by atoms with Crippen molar-refractivity contribution in [3.05, 3.63) is 0 Å². The molecular formula is C36H72O5. The molecule has 3 unspecified atom stereocenters. The monoisotopic (exact) mass is 585 g/mol. The topological polar surface area (TPSA) is 76.0 Å². The summed E-state index contributed by atoms with van der Waals surface area (Å²) in [6.45, 7) is 5.69. The molecule has 0 aromatic heterocycles. The van der Waals surface area contributed by atoms with Gasteiger partial charge >= 0.3 is 5.97 Å². The van der Waals surface area contributed by atoms with E-state index in [1.807, 2.05) is 0 Å². The Morgan fingerprint density at radius 2 is 0.902 bits per heavy atom. The molecule has 0 aromatic carbocycles. The summed E-state index contributed by atoms with van der Waals surface area (Å²) in [4.78, 5) is 11.1. The first-order chi connectivity index (χ1) is 20.0. The molecule has 0 spiro atoms. The van der Waals surface area contributed by atoms with E-state index in [-0.39, 0.29) is 19.2 Å². The molecule has 0 heterocycles. The Kier molecular flexibility index (Phi) is 31.8. The Hall–Kier alpha value is -0.650. The number of aliphatic hydroxyl groups excluding tert-OH is 2. The van der Waals surface area contributed by atoms with Gasteiger partial charge in [0.1, 0.15) is 6.10 Å². The van der Waals surface area contributed by atoms with Crippen LogP contribution in [0.3, 0.4) is 0 Å². The molecule has 0 fully saturated rings. The van der Waals surface area contributed by atoms with Crippen molar-refractivity contribution in [2.45, 2.75) is 187 Å². The summed E-state index contributed by atoms with van der Waals surface area (Å²) in [7, 11) is 1.47. The molecule has 41 heavy (non-hydrogen) atoms. The number of aliphatic hydroxyl groups is 2. The predicted molar refractivity (Wildman–Crippen MR) is 174 cm³/mol. The van der Waals surface area contributed by atoms with Gasteiger partial charge < -0.3 is 19.7 Å². The molecule has 0 bridgehead atoms. The number of esters is 1. The van der Waals surface area contributed by atoms with Gasteiger partial charge in [0.2, 0.25) is 0 Å². The van der Waals surface area contributed by atoms with Gasteiger partial charge in [-0.05, 0) is 24.7 Å². The van der Waals surface area contributed by atoms with Gasteiger partial charge in [-0.1, -0.05) is 162 Å². The van der Waals surface area contributed by atoms with Crippen LogP contribution in [-0.2, 0) is 14.3 Å². The highest BCUT2D eigenvalue weighted by molar-refractivity contribution is 5.68. The van der Waals surface area contributed by atoms with Crippen LogP contribution >= 0.6 is 0 Å². The van der Waals surface area contributed by atoms with Crippen molar-refractivity contribution < 1.29 is 24.5 Å². The zero-order chi connectivity index (χ0) is 30.2. The largest absolute Gasteiger partial charge is 0.469 e. The number of hydrogen-bond donors (Lipinski definition) is 2. The molecule has 0 aliphatic rings. The molecule has 0 aliphatic heterocycles. The molecule has 0 aliphatic carbocycles. The summed E-state index contributed by atoms with van der Waals surface area (Å²) in [5.41, 5.74) is 0. The highest BCUT2D eigenvalue weighted by atomic mass is 16.5. The molecule has 0 amide bonds. The van der Waals surface area contributed by atoms with Gasteiger partial charge in [0, 0.05) is 13.0 Å². The molecule has 0 saturated heterocycles. The Labute approximate surface area is 255 Å². The number of methoxy groups -OCH3 is 1. The molecule has 0 rings (SSSR count). The zero-order valence-corrected chi connectivity index (χ0v) is 27.9. The summed E-state index contributed by atoms with van der Waals surface area (Å²) in [6, 6.07) is 0.